The van der Waals surface area contributed by atoms with Crippen molar-refractivity contribution in [2.75, 3.05) is 11.1 Å². The Balaban J connectivity index is 1.40. The first-order chi connectivity index (χ1) is 14.6. The van der Waals surface area contributed by atoms with E-state index in [0.29, 0.717) is 5.03 Å². The van der Waals surface area contributed by atoms with Gasteiger partial charge in [0.25, 0.3) is 0 Å². The number of anilines is 1. The van der Waals surface area contributed by atoms with E-state index < -0.39 is 0 Å². The van der Waals surface area contributed by atoms with Crippen LogP contribution in [0.2, 0.25) is 0 Å². The van der Waals surface area contributed by atoms with Gasteiger partial charge in [-0.2, -0.15) is 0 Å². The van der Waals surface area contributed by atoms with E-state index in [9.17, 15) is 4.79 Å². The summed E-state index contributed by atoms with van der Waals surface area (Å²) in [5.74, 6) is 0.210. The summed E-state index contributed by atoms with van der Waals surface area (Å²) < 4.78 is 0. The maximum Gasteiger partial charge on any atom is 0.234 e. The summed E-state index contributed by atoms with van der Waals surface area (Å²) in [5.41, 5.74) is 4.73. The van der Waals surface area contributed by atoms with Crippen LogP contribution in [0.5, 0.6) is 0 Å². The van der Waals surface area contributed by atoms with Crippen LogP contribution in [0.25, 0.3) is 21.1 Å². The lowest BCUT2D eigenvalue weighted by molar-refractivity contribution is -0.113. The lowest BCUT2D eigenvalue weighted by atomic mass is 10.2. The zero-order chi connectivity index (χ0) is 20.9. The molecule has 0 saturated heterocycles. The van der Waals surface area contributed by atoms with Crippen LogP contribution in [0.3, 0.4) is 0 Å². The van der Waals surface area contributed by atoms with E-state index in [1.54, 1.807) is 11.3 Å². The standard InChI is InChI=1S/C23H20N4OS2/c1-15-7-6-10-18(13-15)25-20(28)14-29-21-12-11-19(26-27-21)22-16(2)24-23(30-22)17-8-4-3-5-9-17/h3-13H,14H2,1-2H3,(H,25,28). The molecule has 0 radical (unpaired) electrons. The number of rotatable bonds is 6. The van der Waals surface area contributed by atoms with Crippen LogP contribution in [0, 0.1) is 13.8 Å². The Morgan fingerprint density at radius 3 is 2.57 bits per heavy atom. The highest BCUT2D eigenvalue weighted by Crippen LogP contribution is 2.34. The predicted molar refractivity (Wildman–Crippen MR) is 124 cm³/mol. The molecule has 0 aliphatic rings. The summed E-state index contributed by atoms with van der Waals surface area (Å²) in [4.78, 5) is 17.9. The first-order valence-corrected chi connectivity index (χ1v) is 11.2. The van der Waals surface area contributed by atoms with Gasteiger partial charge in [-0.3, -0.25) is 4.79 Å². The molecule has 150 valence electrons. The SMILES string of the molecule is Cc1cccc(NC(=O)CSc2ccc(-c3sc(-c4ccccc4)nc3C)nn2)c1. The Kier molecular flexibility index (Phi) is 6.21. The van der Waals surface area contributed by atoms with E-state index in [4.69, 9.17) is 0 Å². The highest BCUT2D eigenvalue weighted by Gasteiger charge is 2.13. The third kappa shape index (κ3) is 4.93. The van der Waals surface area contributed by atoms with Crippen LogP contribution >= 0.6 is 23.1 Å². The molecule has 2 aromatic heterocycles. The second-order valence-electron chi connectivity index (χ2n) is 6.76. The third-order valence-corrected chi connectivity index (χ3v) is 6.49. The lowest BCUT2D eigenvalue weighted by Gasteiger charge is -2.05. The van der Waals surface area contributed by atoms with Gasteiger partial charge in [0.15, 0.2) is 0 Å². The third-order valence-electron chi connectivity index (χ3n) is 4.34. The molecule has 0 aliphatic carbocycles. The van der Waals surface area contributed by atoms with Gasteiger partial charge in [-0.25, -0.2) is 4.98 Å². The topological polar surface area (TPSA) is 67.8 Å². The highest BCUT2D eigenvalue weighted by molar-refractivity contribution is 7.99. The van der Waals surface area contributed by atoms with Gasteiger partial charge in [-0.1, -0.05) is 54.2 Å². The smallest absolute Gasteiger partial charge is 0.234 e. The van der Waals surface area contributed by atoms with Crippen molar-refractivity contribution >= 4 is 34.7 Å². The molecule has 0 spiro atoms. The van der Waals surface area contributed by atoms with E-state index in [1.165, 1.54) is 11.8 Å². The first-order valence-electron chi connectivity index (χ1n) is 9.45. The molecule has 30 heavy (non-hydrogen) atoms. The molecule has 0 unspecified atom stereocenters. The van der Waals surface area contributed by atoms with E-state index in [-0.39, 0.29) is 11.7 Å². The Morgan fingerprint density at radius 2 is 1.83 bits per heavy atom. The fourth-order valence-corrected chi connectivity index (χ4v) is 4.57. The van der Waals surface area contributed by atoms with Crippen molar-refractivity contribution in [3.8, 4) is 21.1 Å². The summed E-state index contributed by atoms with van der Waals surface area (Å²) in [6.07, 6.45) is 0. The number of carbonyl (C=O) groups excluding carboxylic acids is 1. The average Bonchev–Trinajstić information content (AvgIpc) is 3.15. The Morgan fingerprint density at radius 1 is 1.00 bits per heavy atom. The first kappa shape index (κ1) is 20.3. The Bertz CT molecular complexity index is 1160. The molecular formula is C23H20N4OS2. The Hall–Kier alpha value is -3.03. The molecule has 1 amide bonds. The van der Waals surface area contributed by atoms with Crippen LogP contribution in [-0.4, -0.2) is 26.8 Å². The molecule has 0 saturated carbocycles. The van der Waals surface area contributed by atoms with Crippen molar-refractivity contribution in [3.05, 3.63) is 78.0 Å². The maximum absolute atomic E-state index is 12.2. The van der Waals surface area contributed by atoms with E-state index in [0.717, 1.165) is 38.1 Å². The largest absolute Gasteiger partial charge is 0.325 e. The van der Waals surface area contributed by atoms with Crippen molar-refractivity contribution in [2.24, 2.45) is 0 Å². The number of aryl methyl sites for hydroxylation is 2. The second kappa shape index (κ2) is 9.19. The molecule has 0 aliphatic heterocycles. The van der Waals surface area contributed by atoms with Gasteiger partial charge in [0.1, 0.15) is 15.7 Å². The summed E-state index contributed by atoms with van der Waals surface area (Å²) in [6, 6.07) is 21.7. The van der Waals surface area contributed by atoms with Crippen molar-refractivity contribution in [1.29, 1.82) is 0 Å². The molecular weight excluding hydrogens is 412 g/mol. The van der Waals surface area contributed by atoms with Gasteiger partial charge >= 0.3 is 0 Å². The molecule has 5 nitrogen and oxygen atoms in total. The molecule has 0 atom stereocenters. The summed E-state index contributed by atoms with van der Waals surface area (Å²) in [7, 11) is 0. The van der Waals surface area contributed by atoms with Crippen molar-refractivity contribution in [3.63, 3.8) is 0 Å². The van der Waals surface area contributed by atoms with Crippen molar-refractivity contribution in [2.45, 2.75) is 18.9 Å². The van der Waals surface area contributed by atoms with Crippen LogP contribution < -0.4 is 5.32 Å². The molecule has 2 aromatic carbocycles. The molecule has 7 heteroatoms. The van der Waals surface area contributed by atoms with E-state index in [2.05, 4.69) is 32.6 Å². The number of benzene rings is 2. The number of nitrogens with one attached hydrogen (secondary N) is 1. The number of nitrogens with zero attached hydrogens (tertiary/aromatic N) is 3. The fraction of sp³-hybridized carbons (Fsp3) is 0.130. The molecule has 2 heterocycles. The van der Waals surface area contributed by atoms with Gasteiger partial charge in [0, 0.05) is 11.3 Å². The number of amides is 1. The predicted octanol–water partition coefficient (Wildman–Crippen LogP) is 5.61. The fourth-order valence-electron chi connectivity index (χ4n) is 2.92. The highest BCUT2D eigenvalue weighted by atomic mass is 32.2. The van der Waals surface area contributed by atoms with Gasteiger partial charge in [0.2, 0.25) is 5.91 Å². The maximum atomic E-state index is 12.2. The molecule has 0 bridgehead atoms. The van der Waals surface area contributed by atoms with Crippen LogP contribution in [-0.2, 0) is 4.79 Å². The summed E-state index contributed by atoms with van der Waals surface area (Å²) >= 11 is 2.97. The lowest BCUT2D eigenvalue weighted by Crippen LogP contribution is -2.14. The minimum absolute atomic E-state index is 0.0673. The molecule has 4 aromatic rings. The zero-order valence-corrected chi connectivity index (χ0v) is 18.3. The van der Waals surface area contributed by atoms with E-state index in [1.807, 2.05) is 68.4 Å². The normalized spacial score (nSPS) is 10.7. The number of hydrogen-bond donors (Lipinski definition) is 1. The van der Waals surface area contributed by atoms with Gasteiger partial charge in [0.05, 0.1) is 16.3 Å². The van der Waals surface area contributed by atoms with Gasteiger partial charge in [-0.15, -0.1) is 21.5 Å². The zero-order valence-electron chi connectivity index (χ0n) is 16.6. The quantitative estimate of drug-likeness (QED) is 0.401. The van der Waals surface area contributed by atoms with E-state index >= 15 is 0 Å². The number of hydrogen-bond acceptors (Lipinski definition) is 6. The van der Waals surface area contributed by atoms with Crippen LogP contribution in [0.1, 0.15) is 11.3 Å². The monoisotopic (exact) mass is 432 g/mol. The minimum Gasteiger partial charge on any atom is -0.325 e. The van der Waals surface area contributed by atoms with Gasteiger partial charge in [-0.05, 0) is 43.7 Å². The van der Waals surface area contributed by atoms with Crippen LogP contribution in [0.15, 0.2) is 71.8 Å². The summed E-state index contributed by atoms with van der Waals surface area (Å²) in [5, 5.41) is 13.2. The Labute approximate surface area is 183 Å². The molecule has 4 rings (SSSR count). The van der Waals surface area contributed by atoms with Gasteiger partial charge < -0.3 is 5.32 Å². The van der Waals surface area contributed by atoms with Crippen LogP contribution in [0.4, 0.5) is 5.69 Å². The average molecular weight is 433 g/mol. The number of carbonyl (C=O) groups is 1. The number of thioether (sulfide) groups is 1. The van der Waals surface area contributed by atoms with Crippen molar-refractivity contribution < 1.29 is 4.79 Å². The molecule has 0 fully saturated rings. The second-order valence-corrected chi connectivity index (χ2v) is 8.76. The minimum atomic E-state index is -0.0673. The summed E-state index contributed by atoms with van der Waals surface area (Å²) in [6.45, 7) is 3.98. The molecule has 1 N–H and O–H groups in total. The number of aromatic nitrogens is 3. The number of thiazole rings is 1. The van der Waals surface area contributed by atoms with Crippen molar-refractivity contribution in [1.82, 2.24) is 15.2 Å².